The van der Waals surface area contributed by atoms with Gasteiger partial charge in [0.1, 0.15) is 0 Å². The molecule has 230 valence electrons. The molecular weight excluding hydrogens is 564 g/mol. The van der Waals surface area contributed by atoms with E-state index in [1.165, 1.54) is 0 Å². The zero-order valence-electron chi connectivity index (χ0n) is 23.5. The van der Waals surface area contributed by atoms with Gasteiger partial charge in [0.15, 0.2) is 5.41 Å². The molecule has 3 rings (SSSR count). The van der Waals surface area contributed by atoms with Gasteiger partial charge in [-0.25, -0.2) is 9.59 Å². The fourth-order valence-electron chi connectivity index (χ4n) is 4.53. The number of carbonyl (C=O) groups is 8. The number of hydroxylamine groups is 2. The van der Waals surface area contributed by atoms with Crippen molar-refractivity contribution in [1.82, 2.24) is 31.6 Å². The highest BCUT2D eigenvalue weighted by atomic mass is 16.7. The van der Waals surface area contributed by atoms with Crippen LogP contribution in [0.5, 0.6) is 0 Å². The normalized spacial score (nSPS) is 15.8. The summed E-state index contributed by atoms with van der Waals surface area (Å²) in [5.74, 6) is -4.04. The fourth-order valence-corrected chi connectivity index (χ4v) is 4.53. The Bertz CT molecular complexity index is 1260. The van der Waals surface area contributed by atoms with Crippen LogP contribution >= 0.6 is 0 Å². The molecular formula is C28H34N6O9. The topological polar surface area (TPSA) is 209 Å². The first-order valence-electron chi connectivity index (χ1n) is 13.8. The van der Waals surface area contributed by atoms with Crippen LogP contribution in [0, 0.1) is 0 Å². The first kappa shape index (κ1) is 32.4. The van der Waals surface area contributed by atoms with Crippen LogP contribution < -0.4 is 26.6 Å². The molecule has 43 heavy (non-hydrogen) atoms. The van der Waals surface area contributed by atoms with Crippen LogP contribution in [-0.2, 0) is 43.8 Å². The quantitative estimate of drug-likeness (QED) is 0.131. The average molecular weight is 599 g/mol. The van der Waals surface area contributed by atoms with E-state index in [4.69, 9.17) is 4.84 Å². The Balaban J connectivity index is 1.28. The number of barbiturate groups is 1. The molecule has 2 aliphatic heterocycles. The first-order chi connectivity index (χ1) is 20.5. The molecule has 0 aliphatic carbocycles. The maximum absolute atomic E-state index is 12.8. The minimum Gasteiger partial charge on any atom is -0.354 e. The number of hydrogen-bond acceptors (Lipinski definition) is 9. The second kappa shape index (κ2) is 15.2. The SMILES string of the molecule is C=C1CCC(=O)N1OC(=O)CCNC(=O)CNC(=O)CNC(=O)CCCCCC1(c2ccccc2)C(=O)NC(=O)NC1=O. The van der Waals surface area contributed by atoms with Gasteiger partial charge < -0.3 is 20.8 Å². The third-order valence-corrected chi connectivity index (χ3v) is 6.83. The maximum Gasteiger partial charge on any atom is 0.334 e. The van der Waals surface area contributed by atoms with Gasteiger partial charge in [0, 0.05) is 19.4 Å². The minimum absolute atomic E-state index is 0.0707. The Morgan fingerprint density at radius 2 is 1.44 bits per heavy atom. The van der Waals surface area contributed by atoms with Crippen LogP contribution in [0.2, 0.25) is 0 Å². The predicted octanol–water partition coefficient (Wildman–Crippen LogP) is -0.426. The van der Waals surface area contributed by atoms with E-state index in [-0.39, 0.29) is 51.2 Å². The van der Waals surface area contributed by atoms with Crippen LogP contribution in [0.4, 0.5) is 4.79 Å². The lowest BCUT2D eigenvalue weighted by Crippen LogP contribution is -2.64. The van der Waals surface area contributed by atoms with Gasteiger partial charge in [-0.05, 0) is 24.8 Å². The molecule has 5 N–H and O–H groups in total. The number of urea groups is 1. The van der Waals surface area contributed by atoms with Gasteiger partial charge >= 0.3 is 12.0 Å². The number of rotatable bonds is 15. The average Bonchev–Trinajstić information content (AvgIpc) is 3.28. The summed E-state index contributed by atoms with van der Waals surface area (Å²) in [7, 11) is 0. The van der Waals surface area contributed by atoms with Crippen molar-refractivity contribution in [1.29, 1.82) is 0 Å². The third-order valence-electron chi connectivity index (χ3n) is 6.83. The number of carbonyl (C=O) groups excluding carboxylic acids is 8. The molecule has 1 aromatic rings. The van der Waals surface area contributed by atoms with Crippen molar-refractivity contribution in [3.8, 4) is 0 Å². The number of amides is 8. The van der Waals surface area contributed by atoms with E-state index in [0.29, 0.717) is 36.9 Å². The molecule has 0 radical (unpaired) electrons. The van der Waals surface area contributed by atoms with E-state index in [1.807, 2.05) is 0 Å². The van der Waals surface area contributed by atoms with Crippen LogP contribution in [0.15, 0.2) is 42.6 Å². The number of hydrogen-bond donors (Lipinski definition) is 5. The van der Waals surface area contributed by atoms with Gasteiger partial charge in [-0.15, -0.1) is 5.06 Å². The highest BCUT2D eigenvalue weighted by Crippen LogP contribution is 2.33. The second-order valence-corrected chi connectivity index (χ2v) is 9.94. The van der Waals surface area contributed by atoms with Crippen LogP contribution in [-0.4, -0.2) is 72.1 Å². The van der Waals surface area contributed by atoms with Gasteiger partial charge in [0.2, 0.25) is 29.5 Å². The molecule has 2 heterocycles. The summed E-state index contributed by atoms with van der Waals surface area (Å²) in [4.78, 5) is 101. The van der Waals surface area contributed by atoms with Crippen molar-refractivity contribution in [3.05, 3.63) is 48.2 Å². The number of allylic oxidation sites excluding steroid dienone is 1. The van der Waals surface area contributed by atoms with E-state index < -0.39 is 47.0 Å². The van der Waals surface area contributed by atoms with Gasteiger partial charge in [-0.2, -0.15) is 0 Å². The Labute approximate surface area is 247 Å². The van der Waals surface area contributed by atoms with Gasteiger partial charge in [0.05, 0.1) is 25.2 Å². The van der Waals surface area contributed by atoms with Crippen LogP contribution in [0.1, 0.15) is 56.9 Å². The van der Waals surface area contributed by atoms with E-state index in [1.54, 1.807) is 30.3 Å². The van der Waals surface area contributed by atoms with Crippen LogP contribution in [0.3, 0.4) is 0 Å². The molecule has 2 aliphatic rings. The number of unbranched alkanes of at least 4 members (excludes halogenated alkanes) is 2. The van der Waals surface area contributed by atoms with E-state index in [0.717, 1.165) is 5.06 Å². The molecule has 2 saturated heterocycles. The first-order valence-corrected chi connectivity index (χ1v) is 13.8. The van der Waals surface area contributed by atoms with Crippen molar-refractivity contribution in [2.24, 2.45) is 0 Å². The smallest absolute Gasteiger partial charge is 0.334 e. The van der Waals surface area contributed by atoms with E-state index >= 15 is 0 Å². The Kier molecular flexibility index (Phi) is 11.5. The second-order valence-electron chi connectivity index (χ2n) is 9.94. The Morgan fingerprint density at radius 1 is 0.814 bits per heavy atom. The maximum atomic E-state index is 12.8. The van der Waals surface area contributed by atoms with Crippen molar-refractivity contribution in [3.63, 3.8) is 0 Å². The molecule has 0 unspecified atom stereocenters. The third kappa shape index (κ3) is 8.95. The molecule has 8 amide bonds. The van der Waals surface area contributed by atoms with Gasteiger partial charge in [-0.1, -0.05) is 49.8 Å². The number of nitrogens with zero attached hydrogens (tertiary/aromatic N) is 1. The summed E-state index contributed by atoms with van der Waals surface area (Å²) in [5, 5.41) is 12.4. The van der Waals surface area contributed by atoms with Crippen molar-refractivity contribution < 1.29 is 43.2 Å². The lowest BCUT2D eigenvalue weighted by atomic mass is 9.73. The molecule has 2 fully saturated rings. The molecule has 0 atom stereocenters. The zero-order valence-corrected chi connectivity index (χ0v) is 23.5. The summed E-state index contributed by atoms with van der Waals surface area (Å²) in [6, 6.07) is 7.55. The number of benzene rings is 1. The van der Waals surface area contributed by atoms with Gasteiger partial charge in [0.25, 0.3) is 5.91 Å². The number of imide groups is 2. The standard InChI is InChI=1S/C28H34N6O9/c1-18-11-12-23(38)34(18)43-24(39)13-15-29-21(36)16-31-22(37)17-30-20(35)10-6-3-7-14-28(19-8-4-2-5-9-19)25(40)32-27(42)33-26(28)41/h2,4-5,8-9H,1,3,6-7,10-17H2,(H,29,36)(H,30,35)(H,31,37)(H2,32,33,40,41,42). The predicted molar refractivity (Wildman–Crippen MR) is 148 cm³/mol. The van der Waals surface area contributed by atoms with E-state index in [2.05, 4.69) is 33.2 Å². The highest BCUT2D eigenvalue weighted by molar-refractivity contribution is 6.22. The summed E-state index contributed by atoms with van der Waals surface area (Å²) in [6.45, 7) is 2.84. The summed E-state index contributed by atoms with van der Waals surface area (Å²) in [5.41, 5.74) is -0.720. The molecule has 0 saturated carbocycles. The monoisotopic (exact) mass is 598 g/mol. The number of nitrogens with one attached hydrogen (secondary N) is 5. The van der Waals surface area contributed by atoms with Crippen molar-refractivity contribution >= 4 is 47.4 Å². The summed E-state index contributed by atoms with van der Waals surface area (Å²) in [6.07, 6.45) is 1.98. The summed E-state index contributed by atoms with van der Waals surface area (Å²) >= 11 is 0. The highest BCUT2D eigenvalue weighted by Gasteiger charge is 2.51. The largest absolute Gasteiger partial charge is 0.354 e. The lowest BCUT2D eigenvalue weighted by Gasteiger charge is -2.34. The molecule has 0 spiro atoms. The molecule has 0 aromatic heterocycles. The fraction of sp³-hybridized carbons (Fsp3) is 0.429. The molecule has 15 nitrogen and oxygen atoms in total. The van der Waals surface area contributed by atoms with Crippen LogP contribution in [0.25, 0.3) is 0 Å². The van der Waals surface area contributed by atoms with Crippen molar-refractivity contribution in [2.45, 2.75) is 56.8 Å². The minimum atomic E-state index is -1.56. The summed E-state index contributed by atoms with van der Waals surface area (Å²) < 4.78 is 0. The molecule has 15 heteroatoms. The Morgan fingerprint density at radius 3 is 2.07 bits per heavy atom. The van der Waals surface area contributed by atoms with Gasteiger partial charge in [-0.3, -0.25) is 39.4 Å². The van der Waals surface area contributed by atoms with Crippen molar-refractivity contribution in [2.75, 3.05) is 19.6 Å². The lowest BCUT2D eigenvalue weighted by molar-refractivity contribution is -0.186. The molecule has 1 aromatic carbocycles. The molecule has 0 bridgehead atoms. The Hall–Kier alpha value is -5.08. The zero-order chi connectivity index (χ0) is 31.4. The van der Waals surface area contributed by atoms with E-state index in [9.17, 15) is 38.4 Å².